The summed E-state index contributed by atoms with van der Waals surface area (Å²) in [6.45, 7) is 11.0. The average molecular weight is 267 g/mol. The molecule has 19 heavy (non-hydrogen) atoms. The molecular weight excluding hydrogens is 236 g/mol. The zero-order valence-electron chi connectivity index (χ0n) is 13.8. The first-order valence-corrected chi connectivity index (χ1v) is 7.10. The lowest BCUT2D eigenvalue weighted by Crippen LogP contribution is -2.50. The minimum Gasteiger partial charge on any atom is -0.306 e. The van der Waals surface area contributed by atoms with Crippen LogP contribution in [0.4, 0.5) is 0 Å². The summed E-state index contributed by atoms with van der Waals surface area (Å²) in [7, 11) is 8.56. The van der Waals surface area contributed by atoms with Crippen molar-refractivity contribution < 1.29 is 4.58 Å². The van der Waals surface area contributed by atoms with Crippen molar-refractivity contribution in [1.29, 1.82) is 0 Å². The van der Waals surface area contributed by atoms with Gasteiger partial charge in [-0.3, -0.25) is 14.4 Å². The molecule has 0 aliphatic carbocycles. The molecule has 1 aliphatic heterocycles. The quantitative estimate of drug-likeness (QED) is 0.560. The molecule has 0 saturated heterocycles. The van der Waals surface area contributed by atoms with E-state index in [0.29, 0.717) is 0 Å². The summed E-state index contributed by atoms with van der Waals surface area (Å²) in [4.78, 5) is 7.01. The number of rotatable bonds is 4. The van der Waals surface area contributed by atoms with E-state index in [1.807, 2.05) is 0 Å². The van der Waals surface area contributed by atoms with Crippen molar-refractivity contribution in [2.24, 2.45) is 0 Å². The van der Waals surface area contributed by atoms with Gasteiger partial charge in [-0.1, -0.05) is 12.2 Å². The van der Waals surface area contributed by atoms with Gasteiger partial charge in [0.25, 0.3) is 0 Å². The lowest BCUT2D eigenvalue weighted by Gasteiger charge is -2.31. The van der Waals surface area contributed by atoms with Crippen molar-refractivity contribution in [3.63, 3.8) is 0 Å². The molecule has 0 aromatic carbocycles. The number of hydrogen-bond donors (Lipinski definition) is 0. The van der Waals surface area contributed by atoms with Crippen LogP contribution < -0.4 is 0 Å². The van der Waals surface area contributed by atoms with Crippen LogP contribution in [0.5, 0.6) is 0 Å². The van der Waals surface area contributed by atoms with Gasteiger partial charge in [-0.15, -0.1) is 0 Å². The maximum Gasteiger partial charge on any atom is 0.350 e. The monoisotopic (exact) mass is 267 g/mol. The van der Waals surface area contributed by atoms with Crippen LogP contribution in [-0.2, 0) is 0 Å². The fraction of sp³-hybridized carbons (Fsp3) is 0.800. The van der Waals surface area contributed by atoms with Gasteiger partial charge >= 0.3 is 5.96 Å². The van der Waals surface area contributed by atoms with Gasteiger partial charge in [0.1, 0.15) is 0 Å². The van der Waals surface area contributed by atoms with Crippen LogP contribution in [0, 0.1) is 0 Å². The average Bonchev–Trinajstić information content (AvgIpc) is 2.63. The molecule has 0 bridgehead atoms. The third-order valence-corrected chi connectivity index (χ3v) is 3.60. The van der Waals surface area contributed by atoms with E-state index in [2.05, 4.69) is 80.4 Å². The third kappa shape index (κ3) is 4.53. The third-order valence-electron chi connectivity index (χ3n) is 3.60. The van der Waals surface area contributed by atoms with Crippen LogP contribution in [0.15, 0.2) is 12.2 Å². The Hall–Kier alpha value is -1.03. The predicted molar refractivity (Wildman–Crippen MR) is 82.8 cm³/mol. The van der Waals surface area contributed by atoms with Crippen LogP contribution in [0.2, 0.25) is 0 Å². The second kappa shape index (κ2) is 6.42. The van der Waals surface area contributed by atoms with E-state index < -0.39 is 0 Å². The molecule has 0 N–H and O–H groups in total. The molecule has 0 fully saturated rings. The first-order chi connectivity index (χ1) is 8.73. The maximum atomic E-state index is 2.46. The van der Waals surface area contributed by atoms with E-state index in [9.17, 15) is 0 Å². The molecule has 0 saturated carbocycles. The molecule has 0 atom stereocenters. The van der Waals surface area contributed by atoms with Gasteiger partial charge < -0.3 is 4.90 Å². The summed E-state index contributed by atoms with van der Waals surface area (Å²) in [5, 5.41) is 0. The highest BCUT2D eigenvalue weighted by molar-refractivity contribution is 5.76. The summed E-state index contributed by atoms with van der Waals surface area (Å²) in [5.41, 5.74) is 0.152. The Labute approximate surface area is 119 Å². The van der Waals surface area contributed by atoms with Crippen LogP contribution in [-0.4, -0.2) is 85.1 Å². The van der Waals surface area contributed by atoms with Crippen LogP contribution in [0.25, 0.3) is 0 Å². The highest BCUT2D eigenvalue weighted by atomic mass is 15.4. The lowest BCUT2D eigenvalue weighted by atomic mass is 10.1. The molecule has 4 heteroatoms. The number of hydrogen-bond acceptors (Lipinski definition) is 3. The van der Waals surface area contributed by atoms with Gasteiger partial charge in [-0.25, -0.2) is 0 Å². The number of guanidine groups is 1. The van der Waals surface area contributed by atoms with Crippen molar-refractivity contribution >= 4 is 5.96 Å². The van der Waals surface area contributed by atoms with E-state index in [4.69, 9.17) is 0 Å². The minimum atomic E-state index is 0.152. The summed E-state index contributed by atoms with van der Waals surface area (Å²) in [6, 6.07) is 0. The van der Waals surface area contributed by atoms with Gasteiger partial charge in [-0.2, -0.15) is 0 Å². The maximum absolute atomic E-state index is 2.46. The largest absolute Gasteiger partial charge is 0.350 e. The smallest absolute Gasteiger partial charge is 0.306 e. The second-order valence-corrected chi connectivity index (χ2v) is 6.63. The Kier molecular flexibility index (Phi) is 5.41. The minimum absolute atomic E-state index is 0.152. The van der Waals surface area contributed by atoms with E-state index in [0.717, 1.165) is 26.2 Å². The molecular formula is C15H31N4+. The number of likely N-dealkylation sites (N-methyl/N-ethyl adjacent to an activating group) is 2. The summed E-state index contributed by atoms with van der Waals surface area (Å²) in [6.07, 6.45) is 4.52. The topological polar surface area (TPSA) is 12.7 Å². The normalized spacial score (nSPS) is 17.2. The van der Waals surface area contributed by atoms with Crippen molar-refractivity contribution in [2.75, 3.05) is 54.4 Å². The lowest BCUT2D eigenvalue weighted by molar-refractivity contribution is -0.492. The van der Waals surface area contributed by atoms with Crippen LogP contribution in [0.1, 0.15) is 20.8 Å². The molecule has 0 aromatic heterocycles. The van der Waals surface area contributed by atoms with Crippen molar-refractivity contribution in [2.45, 2.75) is 26.3 Å². The van der Waals surface area contributed by atoms with Crippen molar-refractivity contribution in [1.82, 2.24) is 14.7 Å². The molecule has 1 aliphatic rings. The fourth-order valence-corrected chi connectivity index (χ4v) is 2.14. The van der Waals surface area contributed by atoms with Gasteiger partial charge in [0.15, 0.2) is 0 Å². The van der Waals surface area contributed by atoms with Gasteiger partial charge in [0.2, 0.25) is 0 Å². The van der Waals surface area contributed by atoms with Crippen molar-refractivity contribution in [3.8, 4) is 0 Å². The molecule has 1 rings (SSSR count). The molecule has 0 aromatic rings. The highest BCUT2D eigenvalue weighted by Gasteiger charge is 2.36. The van der Waals surface area contributed by atoms with Gasteiger partial charge in [0.05, 0.1) is 39.3 Å². The van der Waals surface area contributed by atoms with E-state index in [-0.39, 0.29) is 5.54 Å². The molecule has 110 valence electrons. The van der Waals surface area contributed by atoms with E-state index in [1.54, 1.807) is 0 Å². The Morgan fingerprint density at radius 1 is 1.21 bits per heavy atom. The Balaban J connectivity index is 2.67. The first-order valence-electron chi connectivity index (χ1n) is 7.10. The van der Waals surface area contributed by atoms with Gasteiger partial charge in [0, 0.05) is 6.54 Å². The fourth-order valence-electron chi connectivity index (χ4n) is 2.14. The molecule has 1 heterocycles. The zero-order chi connectivity index (χ0) is 14.6. The zero-order valence-corrected chi connectivity index (χ0v) is 13.8. The highest BCUT2D eigenvalue weighted by Crippen LogP contribution is 2.15. The van der Waals surface area contributed by atoms with E-state index >= 15 is 0 Å². The second-order valence-electron chi connectivity index (χ2n) is 6.63. The summed E-state index contributed by atoms with van der Waals surface area (Å²) >= 11 is 0. The van der Waals surface area contributed by atoms with E-state index in [1.165, 1.54) is 5.96 Å². The Morgan fingerprint density at radius 3 is 2.37 bits per heavy atom. The SMILES string of the molecule is CN(C)C/C=C/CN1CC[N+](C)=C1N(C)C(C)(C)C. The van der Waals surface area contributed by atoms with Gasteiger partial charge in [-0.05, 0) is 34.9 Å². The van der Waals surface area contributed by atoms with Crippen molar-refractivity contribution in [3.05, 3.63) is 12.2 Å². The standard InChI is InChI=1S/C15H31N4/c1-15(2,3)18(7)14-17(6)12-13-19(14)11-9-8-10-16(4)5/h8-9H,10-13H2,1-7H3/q+1/b9-8+. The number of nitrogens with zero attached hydrogens (tertiary/aromatic N) is 4. The molecule has 0 radical (unpaired) electrons. The Bertz CT molecular complexity index is 350. The molecule has 4 nitrogen and oxygen atoms in total. The van der Waals surface area contributed by atoms with Crippen LogP contribution >= 0.6 is 0 Å². The molecule has 0 amide bonds. The predicted octanol–water partition coefficient (Wildman–Crippen LogP) is 1.15. The first kappa shape index (κ1) is 16.0. The van der Waals surface area contributed by atoms with Crippen LogP contribution in [0.3, 0.4) is 0 Å². The summed E-state index contributed by atoms with van der Waals surface area (Å²) < 4.78 is 2.35. The molecule has 0 spiro atoms. The Morgan fingerprint density at radius 2 is 1.84 bits per heavy atom. The molecule has 0 unspecified atom stereocenters. The summed E-state index contributed by atoms with van der Waals surface area (Å²) in [5.74, 6) is 1.34.